The van der Waals surface area contributed by atoms with E-state index in [0.717, 1.165) is 13.1 Å². The normalized spacial score (nSPS) is 13.3. The van der Waals surface area contributed by atoms with E-state index in [1.165, 1.54) is 16.7 Å². The molecule has 0 saturated carbocycles. The summed E-state index contributed by atoms with van der Waals surface area (Å²) in [5.41, 5.74) is 9.96. The molecule has 0 fully saturated rings. The maximum absolute atomic E-state index is 5.96. The van der Waals surface area contributed by atoms with E-state index in [0.29, 0.717) is 12.6 Å². The molecule has 0 aliphatic heterocycles. The standard InChI is InChI=1S/C15H27N3/c1-12-6-7-14(13(2)10-12)15(11-16)18(5)9-8-17(3)4/h6-7,10,15H,8-9,11,16H2,1-5H3. The molecule has 0 radical (unpaired) electrons. The molecule has 0 aromatic heterocycles. The molecule has 0 saturated heterocycles. The van der Waals surface area contributed by atoms with Crippen LogP contribution in [0.4, 0.5) is 0 Å². The van der Waals surface area contributed by atoms with E-state index in [2.05, 4.69) is 63.0 Å². The minimum atomic E-state index is 0.311. The lowest BCUT2D eigenvalue weighted by Crippen LogP contribution is -2.35. The topological polar surface area (TPSA) is 32.5 Å². The van der Waals surface area contributed by atoms with Crippen molar-refractivity contribution in [2.24, 2.45) is 5.73 Å². The van der Waals surface area contributed by atoms with Crippen LogP contribution in [-0.4, -0.2) is 50.6 Å². The van der Waals surface area contributed by atoms with Crippen molar-refractivity contribution in [3.63, 3.8) is 0 Å². The highest BCUT2D eigenvalue weighted by Gasteiger charge is 2.17. The van der Waals surface area contributed by atoms with E-state index in [9.17, 15) is 0 Å². The molecule has 0 aliphatic carbocycles. The van der Waals surface area contributed by atoms with Gasteiger partial charge in [-0.2, -0.15) is 0 Å². The van der Waals surface area contributed by atoms with Crippen LogP contribution in [0.15, 0.2) is 18.2 Å². The average Bonchev–Trinajstić information content (AvgIpc) is 2.30. The number of benzene rings is 1. The van der Waals surface area contributed by atoms with Gasteiger partial charge in [-0.05, 0) is 46.1 Å². The molecule has 3 nitrogen and oxygen atoms in total. The summed E-state index contributed by atoms with van der Waals surface area (Å²) in [7, 11) is 6.35. The van der Waals surface area contributed by atoms with Crippen molar-refractivity contribution in [1.29, 1.82) is 0 Å². The lowest BCUT2D eigenvalue weighted by atomic mass is 9.98. The van der Waals surface area contributed by atoms with Crippen molar-refractivity contribution in [2.75, 3.05) is 40.8 Å². The minimum Gasteiger partial charge on any atom is -0.329 e. The Morgan fingerprint density at radius 3 is 2.28 bits per heavy atom. The van der Waals surface area contributed by atoms with Gasteiger partial charge in [0, 0.05) is 25.7 Å². The van der Waals surface area contributed by atoms with Gasteiger partial charge in [0.15, 0.2) is 0 Å². The molecule has 3 heteroatoms. The predicted molar refractivity (Wildman–Crippen MR) is 78.9 cm³/mol. The molecule has 0 heterocycles. The molecule has 0 amide bonds. The molecular weight excluding hydrogens is 222 g/mol. The summed E-state index contributed by atoms with van der Waals surface area (Å²) in [5.74, 6) is 0. The molecule has 1 aromatic rings. The van der Waals surface area contributed by atoms with Crippen LogP contribution < -0.4 is 5.73 Å². The highest BCUT2D eigenvalue weighted by atomic mass is 15.2. The zero-order valence-electron chi connectivity index (χ0n) is 12.4. The second-order valence-electron chi connectivity index (χ2n) is 5.40. The van der Waals surface area contributed by atoms with Gasteiger partial charge in [0.05, 0.1) is 0 Å². The van der Waals surface area contributed by atoms with Crippen molar-refractivity contribution in [3.05, 3.63) is 34.9 Å². The van der Waals surface area contributed by atoms with Gasteiger partial charge >= 0.3 is 0 Å². The number of hydrogen-bond donors (Lipinski definition) is 1. The van der Waals surface area contributed by atoms with Crippen LogP contribution in [0.2, 0.25) is 0 Å². The first-order valence-electron chi connectivity index (χ1n) is 6.58. The minimum absolute atomic E-state index is 0.311. The first-order chi connectivity index (χ1) is 8.45. The Balaban J connectivity index is 2.81. The van der Waals surface area contributed by atoms with Crippen LogP contribution in [0, 0.1) is 13.8 Å². The molecule has 2 N–H and O–H groups in total. The fraction of sp³-hybridized carbons (Fsp3) is 0.600. The SMILES string of the molecule is Cc1ccc(C(CN)N(C)CCN(C)C)c(C)c1. The molecule has 0 aliphatic rings. The van der Waals surface area contributed by atoms with E-state index < -0.39 is 0 Å². The average molecular weight is 249 g/mol. The molecule has 0 bridgehead atoms. The smallest absolute Gasteiger partial charge is 0.0470 e. The third-order valence-corrected chi connectivity index (χ3v) is 3.44. The lowest BCUT2D eigenvalue weighted by molar-refractivity contribution is 0.222. The molecule has 1 aromatic carbocycles. The van der Waals surface area contributed by atoms with Gasteiger partial charge in [-0.25, -0.2) is 0 Å². The van der Waals surface area contributed by atoms with Gasteiger partial charge in [-0.3, -0.25) is 4.90 Å². The third-order valence-electron chi connectivity index (χ3n) is 3.44. The van der Waals surface area contributed by atoms with Crippen molar-refractivity contribution in [2.45, 2.75) is 19.9 Å². The van der Waals surface area contributed by atoms with Crippen molar-refractivity contribution in [1.82, 2.24) is 9.80 Å². The van der Waals surface area contributed by atoms with Crippen LogP contribution in [0.25, 0.3) is 0 Å². The second-order valence-corrected chi connectivity index (χ2v) is 5.40. The number of nitrogens with two attached hydrogens (primary N) is 1. The Morgan fingerprint density at radius 1 is 1.11 bits per heavy atom. The molecule has 1 atom stereocenters. The zero-order valence-corrected chi connectivity index (χ0v) is 12.4. The maximum atomic E-state index is 5.96. The molecule has 1 unspecified atom stereocenters. The first kappa shape index (κ1) is 15.2. The van der Waals surface area contributed by atoms with Crippen LogP contribution in [0.5, 0.6) is 0 Å². The number of rotatable bonds is 6. The van der Waals surface area contributed by atoms with E-state index in [-0.39, 0.29) is 0 Å². The number of likely N-dealkylation sites (N-methyl/N-ethyl adjacent to an activating group) is 2. The zero-order chi connectivity index (χ0) is 13.7. The van der Waals surface area contributed by atoms with Crippen LogP contribution in [-0.2, 0) is 0 Å². The monoisotopic (exact) mass is 249 g/mol. The molecular formula is C15H27N3. The van der Waals surface area contributed by atoms with Crippen molar-refractivity contribution >= 4 is 0 Å². The third kappa shape index (κ3) is 4.09. The van der Waals surface area contributed by atoms with Crippen LogP contribution in [0.3, 0.4) is 0 Å². The summed E-state index contributed by atoms with van der Waals surface area (Å²) in [6.07, 6.45) is 0. The van der Waals surface area contributed by atoms with E-state index in [1.807, 2.05) is 0 Å². The molecule has 1 rings (SSSR count). The number of nitrogens with zero attached hydrogens (tertiary/aromatic N) is 2. The van der Waals surface area contributed by atoms with E-state index in [1.54, 1.807) is 0 Å². The lowest BCUT2D eigenvalue weighted by Gasteiger charge is -2.29. The van der Waals surface area contributed by atoms with Gasteiger partial charge in [0.25, 0.3) is 0 Å². The fourth-order valence-electron chi connectivity index (χ4n) is 2.26. The van der Waals surface area contributed by atoms with Crippen LogP contribution in [0.1, 0.15) is 22.7 Å². The summed E-state index contributed by atoms with van der Waals surface area (Å²) >= 11 is 0. The van der Waals surface area contributed by atoms with Gasteiger partial charge in [0.1, 0.15) is 0 Å². The van der Waals surface area contributed by atoms with E-state index in [4.69, 9.17) is 5.73 Å². The summed E-state index contributed by atoms with van der Waals surface area (Å²) in [4.78, 5) is 4.55. The van der Waals surface area contributed by atoms with Crippen molar-refractivity contribution in [3.8, 4) is 0 Å². The quantitative estimate of drug-likeness (QED) is 0.834. The Bertz CT molecular complexity index is 374. The Hall–Kier alpha value is -0.900. The predicted octanol–water partition coefficient (Wildman–Crippen LogP) is 1.80. The van der Waals surface area contributed by atoms with Gasteiger partial charge in [-0.1, -0.05) is 23.8 Å². The molecule has 0 spiro atoms. The Kier molecular flexibility index (Phi) is 5.79. The summed E-state index contributed by atoms with van der Waals surface area (Å²) in [5, 5.41) is 0. The van der Waals surface area contributed by atoms with Crippen LogP contribution >= 0.6 is 0 Å². The van der Waals surface area contributed by atoms with E-state index >= 15 is 0 Å². The van der Waals surface area contributed by atoms with Gasteiger partial charge in [-0.15, -0.1) is 0 Å². The molecule has 102 valence electrons. The Morgan fingerprint density at radius 2 is 1.78 bits per heavy atom. The summed E-state index contributed by atoms with van der Waals surface area (Å²) in [6, 6.07) is 6.93. The number of aryl methyl sites for hydroxylation is 2. The molecule has 18 heavy (non-hydrogen) atoms. The Labute approximate surface area is 112 Å². The highest BCUT2D eigenvalue weighted by Crippen LogP contribution is 2.22. The fourth-order valence-corrected chi connectivity index (χ4v) is 2.26. The number of hydrogen-bond acceptors (Lipinski definition) is 3. The highest BCUT2D eigenvalue weighted by molar-refractivity contribution is 5.33. The first-order valence-corrected chi connectivity index (χ1v) is 6.58. The summed E-state index contributed by atoms with van der Waals surface area (Å²) in [6.45, 7) is 7.04. The maximum Gasteiger partial charge on any atom is 0.0470 e. The second kappa shape index (κ2) is 6.88. The summed E-state index contributed by atoms with van der Waals surface area (Å²) < 4.78 is 0. The van der Waals surface area contributed by atoms with Gasteiger partial charge in [0.2, 0.25) is 0 Å². The largest absolute Gasteiger partial charge is 0.329 e. The van der Waals surface area contributed by atoms with Gasteiger partial charge < -0.3 is 10.6 Å². The van der Waals surface area contributed by atoms with Crippen molar-refractivity contribution < 1.29 is 0 Å².